The van der Waals surface area contributed by atoms with Crippen LogP contribution in [0.5, 0.6) is 5.75 Å². The summed E-state index contributed by atoms with van der Waals surface area (Å²) in [5.41, 5.74) is 1.86. The van der Waals surface area contributed by atoms with Crippen molar-refractivity contribution in [3.63, 3.8) is 0 Å². The summed E-state index contributed by atoms with van der Waals surface area (Å²) in [4.78, 5) is 14.9. The summed E-state index contributed by atoms with van der Waals surface area (Å²) in [7, 11) is 0. The Morgan fingerprint density at radius 3 is 2.57 bits per heavy atom. The van der Waals surface area contributed by atoms with Gasteiger partial charge in [-0.3, -0.25) is 0 Å². The van der Waals surface area contributed by atoms with Gasteiger partial charge in [0.15, 0.2) is 0 Å². The summed E-state index contributed by atoms with van der Waals surface area (Å²) in [6.45, 7) is 6.67. The Balaban J connectivity index is 2.10. The quantitative estimate of drug-likeness (QED) is 0.931. The van der Waals surface area contributed by atoms with Crippen LogP contribution in [0.15, 0.2) is 42.5 Å². The molecule has 1 heterocycles. The lowest BCUT2D eigenvalue weighted by Crippen LogP contribution is -2.11. The van der Waals surface area contributed by atoms with Crippen LogP contribution in [-0.2, 0) is 12.0 Å². The van der Waals surface area contributed by atoms with Crippen LogP contribution in [0.25, 0.3) is 0 Å². The van der Waals surface area contributed by atoms with E-state index in [2.05, 4.69) is 31.8 Å². The maximum Gasteiger partial charge on any atom is 0.354 e. The third-order valence-electron chi connectivity index (χ3n) is 3.11. The second-order valence-corrected chi connectivity index (χ2v) is 5.89. The number of nitrogens with zero attached hydrogens (tertiary/aromatic N) is 1. The zero-order chi connectivity index (χ0) is 15.5. The smallest absolute Gasteiger partial charge is 0.354 e. The molecule has 1 aromatic carbocycles. The van der Waals surface area contributed by atoms with E-state index in [0.29, 0.717) is 5.69 Å². The molecule has 0 amide bonds. The summed E-state index contributed by atoms with van der Waals surface area (Å²) < 4.78 is 5.71. The van der Waals surface area contributed by atoms with Gasteiger partial charge in [-0.2, -0.15) is 0 Å². The van der Waals surface area contributed by atoms with Crippen molar-refractivity contribution < 1.29 is 14.6 Å². The highest BCUT2D eigenvalue weighted by atomic mass is 16.5. The largest absolute Gasteiger partial charge is 0.487 e. The van der Waals surface area contributed by atoms with Crippen LogP contribution in [0.1, 0.15) is 42.5 Å². The van der Waals surface area contributed by atoms with E-state index in [1.807, 2.05) is 18.2 Å². The Bertz CT molecular complexity index is 644. The van der Waals surface area contributed by atoms with E-state index in [1.165, 1.54) is 11.6 Å². The molecule has 0 aliphatic heterocycles. The summed E-state index contributed by atoms with van der Waals surface area (Å²) in [5.74, 6) is -0.281. The molecule has 0 spiro atoms. The maximum atomic E-state index is 10.9. The average Bonchev–Trinajstić information content (AvgIpc) is 2.45. The number of carboxylic acids is 1. The van der Waals surface area contributed by atoms with Crippen LogP contribution in [0, 0.1) is 0 Å². The zero-order valence-electron chi connectivity index (χ0n) is 12.5. The van der Waals surface area contributed by atoms with Gasteiger partial charge in [0.25, 0.3) is 0 Å². The molecule has 1 N–H and O–H groups in total. The van der Waals surface area contributed by atoms with Crippen LogP contribution < -0.4 is 4.74 Å². The Kier molecular flexibility index (Phi) is 4.26. The van der Waals surface area contributed by atoms with Gasteiger partial charge in [0.05, 0.1) is 5.69 Å². The fraction of sp³-hybridized carbons (Fsp3) is 0.294. The van der Waals surface area contributed by atoms with E-state index in [9.17, 15) is 4.79 Å². The number of hydrogen-bond acceptors (Lipinski definition) is 3. The highest BCUT2D eigenvalue weighted by Crippen LogP contribution is 2.25. The second-order valence-electron chi connectivity index (χ2n) is 5.89. The van der Waals surface area contributed by atoms with Crippen molar-refractivity contribution in [2.45, 2.75) is 32.8 Å². The molecule has 0 unspecified atom stereocenters. The first-order chi connectivity index (χ1) is 9.86. The molecule has 1 aromatic heterocycles. The number of pyridine rings is 1. The van der Waals surface area contributed by atoms with Gasteiger partial charge in [0.2, 0.25) is 0 Å². The highest BCUT2D eigenvalue weighted by molar-refractivity contribution is 5.85. The molecule has 0 aliphatic rings. The molecule has 110 valence electrons. The van der Waals surface area contributed by atoms with Gasteiger partial charge < -0.3 is 9.84 Å². The van der Waals surface area contributed by atoms with Crippen LogP contribution in [-0.4, -0.2) is 16.1 Å². The van der Waals surface area contributed by atoms with Gasteiger partial charge in [-0.25, -0.2) is 9.78 Å². The molecule has 0 atom stereocenters. The summed E-state index contributed by atoms with van der Waals surface area (Å²) in [5, 5.41) is 8.92. The number of rotatable bonds is 4. The maximum absolute atomic E-state index is 10.9. The normalized spacial score (nSPS) is 11.2. The lowest BCUT2D eigenvalue weighted by molar-refractivity contribution is 0.0690. The lowest BCUT2D eigenvalue weighted by Gasteiger charge is -2.19. The Morgan fingerprint density at radius 2 is 1.90 bits per heavy atom. The fourth-order valence-electron chi connectivity index (χ4n) is 1.89. The van der Waals surface area contributed by atoms with E-state index in [4.69, 9.17) is 9.84 Å². The number of carboxylic acid groups (broad SMARTS) is 1. The SMILES string of the molecule is CC(C)(C)c1cccc(OCc2cccc(C(=O)O)n2)c1. The summed E-state index contributed by atoms with van der Waals surface area (Å²) in [6, 6.07) is 12.8. The van der Waals surface area contributed by atoms with Gasteiger partial charge in [-0.1, -0.05) is 39.0 Å². The molecule has 0 saturated carbocycles. The van der Waals surface area contributed by atoms with Crippen LogP contribution in [0.4, 0.5) is 0 Å². The first-order valence-corrected chi connectivity index (χ1v) is 6.79. The molecule has 0 aliphatic carbocycles. The molecule has 4 nitrogen and oxygen atoms in total. The van der Waals surface area contributed by atoms with Gasteiger partial charge in [-0.05, 0) is 35.2 Å². The summed E-state index contributed by atoms with van der Waals surface area (Å²) >= 11 is 0. The number of carbonyl (C=O) groups is 1. The van der Waals surface area contributed by atoms with Gasteiger partial charge in [0.1, 0.15) is 18.1 Å². The van der Waals surface area contributed by atoms with Crippen molar-refractivity contribution >= 4 is 5.97 Å². The molecular formula is C17H19NO3. The molecule has 0 saturated heterocycles. The van der Waals surface area contributed by atoms with Gasteiger partial charge >= 0.3 is 5.97 Å². The van der Waals surface area contributed by atoms with Crippen molar-refractivity contribution in [2.24, 2.45) is 0 Å². The zero-order valence-corrected chi connectivity index (χ0v) is 12.5. The number of aromatic carboxylic acids is 1. The molecule has 2 rings (SSSR count). The van der Waals surface area contributed by atoms with Crippen molar-refractivity contribution in [1.82, 2.24) is 4.98 Å². The van der Waals surface area contributed by atoms with E-state index >= 15 is 0 Å². The average molecular weight is 285 g/mol. The summed E-state index contributed by atoms with van der Waals surface area (Å²) in [6.07, 6.45) is 0. The standard InChI is InChI=1S/C17H19NO3/c1-17(2,3)12-6-4-8-14(10-12)21-11-13-7-5-9-15(18-13)16(19)20/h4-10H,11H2,1-3H3,(H,19,20). The molecule has 0 fully saturated rings. The monoisotopic (exact) mass is 285 g/mol. The van der Waals surface area contributed by atoms with Crippen LogP contribution in [0.3, 0.4) is 0 Å². The molecule has 0 bridgehead atoms. The predicted molar refractivity (Wildman–Crippen MR) is 80.7 cm³/mol. The van der Waals surface area contributed by atoms with E-state index in [-0.39, 0.29) is 17.7 Å². The predicted octanol–water partition coefficient (Wildman–Crippen LogP) is 3.66. The number of aromatic nitrogens is 1. The highest BCUT2D eigenvalue weighted by Gasteiger charge is 2.14. The van der Waals surface area contributed by atoms with Crippen molar-refractivity contribution in [3.8, 4) is 5.75 Å². The molecule has 4 heteroatoms. The van der Waals surface area contributed by atoms with Crippen LogP contribution in [0.2, 0.25) is 0 Å². The van der Waals surface area contributed by atoms with E-state index in [1.54, 1.807) is 12.1 Å². The third kappa shape index (κ3) is 4.05. The molecule has 2 aromatic rings. The fourth-order valence-corrected chi connectivity index (χ4v) is 1.89. The molecular weight excluding hydrogens is 266 g/mol. The Labute approximate surface area is 124 Å². The topological polar surface area (TPSA) is 59.4 Å². The van der Waals surface area contributed by atoms with E-state index in [0.717, 1.165) is 5.75 Å². The molecule has 21 heavy (non-hydrogen) atoms. The Hall–Kier alpha value is -2.36. The second kappa shape index (κ2) is 5.95. The van der Waals surface area contributed by atoms with Crippen molar-refractivity contribution in [3.05, 3.63) is 59.4 Å². The molecule has 0 radical (unpaired) electrons. The third-order valence-corrected chi connectivity index (χ3v) is 3.11. The Morgan fingerprint density at radius 1 is 1.19 bits per heavy atom. The number of benzene rings is 1. The van der Waals surface area contributed by atoms with Crippen molar-refractivity contribution in [1.29, 1.82) is 0 Å². The number of ether oxygens (including phenoxy) is 1. The number of hydrogen-bond donors (Lipinski definition) is 1. The van der Waals surface area contributed by atoms with Gasteiger partial charge in [0, 0.05) is 0 Å². The minimum absolute atomic E-state index is 0.0274. The van der Waals surface area contributed by atoms with E-state index < -0.39 is 5.97 Å². The lowest BCUT2D eigenvalue weighted by atomic mass is 9.87. The van der Waals surface area contributed by atoms with Crippen molar-refractivity contribution in [2.75, 3.05) is 0 Å². The first-order valence-electron chi connectivity index (χ1n) is 6.79. The minimum Gasteiger partial charge on any atom is -0.487 e. The first kappa shape index (κ1) is 15.0. The van der Waals surface area contributed by atoms with Gasteiger partial charge in [-0.15, -0.1) is 0 Å². The minimum atomic E-state index is -1.04. The van der Waals surface area contributed by atoms with Crippen LogP contribution >= 0.6 is 0 Å².